The number of methoxy groups -OCH3 is 2. The Labute approximate surface area is 673 Å². The molecule has 0 saturated carbocycles. The third kappa shape index (κ3) is 26.4. The Balaban J connectivity index is 0.934. The van der Waals surface area contributed by atoms with Crippen molar-refractivity contribution in [2.24, 2.45) is 29.4 Å². The van der Waals surface area contributed by atoms with Gasteiger partial charge >= 0.3 is 24.3 Å². The number of nitrogens with zero attached hydrogens (tertiary/aromatic N) is 3. The second kappa shape index (κ2) is 43.3. The molecule has 30 heteroatoms. The molecule has 2 heterocycles. The van der Waals surface area contributed by atoms with E-state index in [-0.39, 0.29) is 87.4 Å². The largest absolute Gasteiger partial charge is 0.449 e. The molecule has 1 aromatic heterocycles. The number of nitrogens with one attached hydrogen (secondary N) is 9. The molecule has 0 spiro atoms. The van der Waals surface area contributed by atoms with E-state index in [1.54, 1.807) is 98.0 Å². The van der Waals surface area contributed by atoms with Crippen LogP contribution < -0.4 is 53.6 Å². The molecular weight excluding hydrogens is 1480 g/mol. The van der Waals surface area contributed by atoms with Crippen molar-refractivity contribution in [2.75, 3.05) is 52.8 Å². The molecule has 0 bridgehead atoms. The highest BCUT2D eigenvalue weighted by molar-refractivity contribution is 7.09. The maximum atomic E-state index is 14.8. The van der Waals surface area contributed by atoms with E-state index in [4.69, 9.17) is 29.4 Å². The summed E-state index contributed by atoms with van der Waals surface area (Å²) in [4.78, 5) is 160. The van der Waals surface area contributed by atoms with Gasteiger partial charge in [0.1, 0.15) is 53.5 Å². The fourth-order valence-corrected chi connectivity index (χ4v) is 15.1. The Morgan fingerprint density at radius 1 is 0.649 bits per heavy atom. The number of carbonyl (C=O) groups is 11. The average Bonchev–Trinajstić information content (AvgIpc) is 1.61. The highest BCUT2D eigenvalue weighted by atomic mass is 32.1. The van der Waals surface area contributed by atoms with Crippen molar-refractivity contribution in [3.8, 4) is 11.1 Å². The normalized spacial score (nSPS) is 16.0. The zero-order valence-electron chi connectivity index (χ0n) is 68.5. The lowest BCUT2D eigenvalue weighted by Crippen LogP contribution is -2.62. The van der Waals surface area contributed by atoms with Crippen LogP contribution in [-0.2, 0) is 70.3 Å². The molecule has 7 rings (SSSR count). The summed E-state index contributed by atoms with van der Waals surface area (Å²) in [5.74, 6) is -5.75. The molecule has 622 valence electrons. The maximum absolute atomic E-state index is 14.8. The summed E-state index contributed by atoms with van der Waals surface area (Å²) in [6.45, 7) is 21.3. The number of benzene rings is 4. The van der Waals surface area contributed by atoms with Crippen molar-refractivity contribution >= 4 is 82.7 Å². The van der Waals surface area contributed by atoms with Crippen molar-refractivity contribution in [1.82, 2.24) is 57.3 Å². The number of rotatable bonds is 41. The molecule has 11 N–H and O–H groups in total. The first-order valence-corrected chi connectivity index (χ1v) is 40.3. The first-order chi connectivity index (χ1) is 54.1. The predicted molar refractivity (Wildman–Crippen MR) is 434 cm³/mol. The minimum absolute atomic E-state index is 0.00691. The zero-order valence-corrected chi connectivity index (χ0v) is 69.3. The third-order valence-electron chi connectivity index (χ3n) is 20.8. The summed E-state index contributed by atoms with van der Waals surface area (Å²) < 4.78 is 29.0. The lowest BCUT2D eigenvalue weighted by Gasteiger charge is -2.41. The van der Waals surface area contributed by atoms with Gasteiger partial charge < -0.3 is 87.1 Å². The number of unbranched alkanes of at least 4 members (excludes halogenated alkanes) is 1. The predicted octanol–water partition coefficient (Wildman–Crippen LogP) is 9.92. The Kier molecular flexibility index (Phi) is 34.6. The standard InChI is InChI=1S/C84H119N13O16S/c1-16-52(6)70(66(109-14)47-67(98)97-44-27-36-65(97)71(110-15)53(7)72(99)91-64(76-86-43-45-114-76)46-54-28-18-17-19-29-54)96(13)77(103)69(51(4)5)94-78(104)84(11,12)95-82(108)111-48-55-37-39-56(40-38-55)89-73(100)62(35-26-42-87-79(85)105)90-75(102)68(50(2)3)93-74(101)63(34-24-25-41-88-80(106)113-83(8,9)10)92-81(107)112-49-61-59-32-22-20-30-57(59)58-31-21-23-33-60(58)61/h17-23,28-33,37-40,43,45,50-53,61-66,68-71H,16,24-27,34-36,41-42,44,46-49H2,1-15H3,(H,88,106)(H,89,100)(H,90,102)(H,91,99)(H,92,107)(H,93,101)(H,94,104)(H,95,108)(H3,85,87,105)/t52-,53+,62-,63-,64-,65-,66+,68-,69-,70-,71+/m0/s1. The summed E-state index contributed by atoms with van der Waals surface area (Å²) >= 11 is 1.46. The van der Waals surface area contributed by atoms with E-state index in [0.717, 1.165) is 32.8 Å². The first kappa shape index (κ1) is 91.0. The lowest BCUT2D eigenvalue weighted by atomic mass is 9.89. The second-order valence-corrected chi connectivity index (χ2v) is 32.5. The number of ether oxygens (including phenoxy) is 5. The number of anilines is 1. The Morgan fingerprint density at radius 3 is 1.87 bits per heavy atom. The van der Waals surface area contributed by atoms with Gasteiger partial charge in [-0.1, -0.05) is 146 Å². The van der Waals surface area contributed by atoms with Gasteiger partial charge in [-0.2, -0.15) is 0 Å². The van der Waals surface area contributed by atoms with Crippen molar-refractivity contribution in [3.63, 3.8) is 0 Å². The van der Waals surface area contributed by atoms with Gasteiger partial charge in [-0.3, -0.25) is 33.6 Å². The summed E-state index contributed by atoms with van der Waals surface area (Å²) in [5.41, 5.74) is 8.86. The van der Waals surface area contributed by atoms with Crippen molar-refractivity contribution < 1.29 is 76.4 Å². The molecule has 4 aromatic carbocycles. The van der Waals surface area contributed by atoms with E-state index in [0.29, 0.717) is 50.6 Å². The quantitative estimate of drug-likeness (QED) is 0.0128. The third-order valence-corrected chi connectivity index (χ3v) is 21.7. The molecular formula is C84H119N13O16S. The molecule has 114 heavy (non-hydrogen) atoms. The number of carbonyl (C=O) groups excluding carboxylic acids is 11. The molecule has 1 aliphatic heterocycles. The van der Waals surface area contributed by atoms with Gasteiger partial charge in [-0.25, -0.2) is 24.2 Å². The molecule has 5 aromatic rings. The number of hydrogen-bond donors (Lipinski definition) is 10. The summed E-state index contributed by atoms with van der Waals surface area (Å²) in [6, 6.07) is 24.9. The zero-order chi connectivity index (χ0) is 83.6. The van der Waals surface area contributed by atoms with Gasteiger partial charge in [0, 0.05) is 64.1 Å². The highest BCUT2D eigenvalue weighted by Gasteiger charge is 2.45. The second-order valence-electron chi connectivity index (χ2n) is 31.6. The highest BCUT2D eigenvalue weighted by Crippen LogP contribution is 2.45. The molecule has 29 nitrogen and oxygen atoms in total. The summed E-state index contributed by atoms with van der Waals surface area (Å²) in [7, 11) is 4.68. The van der Waals surface area contributed by atoms with Gasteiger partial charge in [0.05, 0.1) is 42.7 Å². The number of alkyl carbamates (subject to hydrolysis) is 3. The minimum atomic E-state index is -1.62. The number of thiazole rings is 1. The SMILES string of the molecule is CC[C@H](C)[C@@H]([C@@H](CC(=O)N1CCC[C@H]1[C@H](OC)[C@@H](C)C(=O)N[C@@H](Cc1ccccc1)c1nccs1)OC)N(C)C(=O)[C@@H](NC(=O)C(C)(C)NC(=O)OCc1ccc(NC(=O)[C@H](CCCNC(N)=O)NC(=O)[C@@H](NC(=O)[C@H](CCCCNC(=O)OC(C)(C)C)NC(=O)OCC2c3ccccc3-c3ccccc32)C(C)C)cc1)C(C)C. The van der Waals surface area contributed by atoms with Crippen LogP contribution in [0.15, 0.2) is 115 Å². The number of hydrogen-bond acceptors (Lipinski definition) is 18. The fourth-order valence-electron chi connectivity index (χ4n) is 14.4. The molecule has 12 amide bonds. The Bertz CT molecular complexity index is 3980. The van der Waals surface area contributed by atoms with Crippen molar-refractivity contribution in [3.05, 3.63) is 142 Å². The van der Waals surface area contributed by atoms with Crippen molar-refractivity contribution in [2.45, 2.75) is 225 Å². The molecule has 0 radical (unpaired) electrons. The number of urea groups is 1. The van der Waals surface area contributed by atoms with Crippen LogP contribution in [0.25, 0.3) is 11.1 Å². The van der Waals surface area contributed by atoms with Crippen LogP contribution in [-0.4, -0.2) is 188 Å². The number of likely N-dealkylation sites (N-methyl/N-ethyl adjacent to an activating group) is 1. The molecule has 11 atom stereocenters. The van der Waals surface area contributed by atoms with Gasteiger partial charge in [-0.15, -0.1) is 11.3 Å². The van der Waals surface area contributed by atoms with Gasteiger partial charge in [0.2, 0.25) is 41.4 Å². The summed E-state index contributed by atoms with van der Waals surface area (Å²) in [6.07, 6.45) is 1.23. The van der Waals surface area contributed by atoms with Crippen LogP contribution in [0.1, 0.15) is 180 Å². The van der Waals surface area contributed by atoms with Crippen molar-refractivity contribution in [1.29, 1.82) is 0 Å². The molecule has 2 aliphatic rings. The van der Waals surface area contributed by atoms with E-state index < -0.39 is 131 Å². The van der Waals surface area contributed by atoms with Crippen LogP contribution >= 0.6 is 11.3 Å². The fraction of sp³-hybridized carbons (Fsp3) is 0.548. The number of amides is 12. The smallest absolute Gasteiger partial charge is 0.408 e. The Hall–Kier alpha value is -10.2. The topological polar surface area (TPSA) is 388 Å². The van der Waals surface area contributed by atoms with Gasteiger partial charge in [-0.05, 0) is 149 Å². The van der Waals surface area contributed by atoms with E-state index in [2.05, 4.69) is 52.8 Å². The van der Waals surface area contributed by atoms with Crippen LogP contribution in [0.5, 0.6) is 0 Å². The first-order valence-electron chi connectivity index (χ1n) is 39.4. The maximum Gasteiger partial charge on any atom is 0.408 e. The van der Waals surface area contributed by atoms with Crippen LogP contribution in [0, 0.1) is 23.7 Å². The summed E-state index contributed by atoms with van der Waals surface area (Å²) in [5, 5.41) is 27.6. The molecule has 0 unspecified atom stereocenters. The number of likely N-dealkylation sites (tertiary alicyclic amines) is 1. The number of aromatic nitrogens is 1. The minimum Gasteiger partial charge on any atom is -0.449 e. The number of nitrogens with two attached hydrogens (primary N) is 1. The van der Waals surface area contributed by atoms with E-state index >= 15 is 0 Å². The Morgan fingerprint density at radius 2 is 1.27 bits per heavy atom. The molecule has 1 aliphatic carbocycles. The van der Waals surface area contributed by atoms with E-state index in [1.807, 2.05) is 105 Å². The van der Waals surface area contributed by atoms with Crippen LogP contribution in [0.2, 0.25) is 0 Å². The van der Waals surface area contributed by atoms with Crippen LogP contribution in [0.3, 0.4) is 0 Å². The van der Waals surface area contributed by atoms with E-state index in [9.17, 15) is 52.7 Å². The molecule has 1 saturated heterocycles. The monoisotopic (exact) mass is 1600 g/mol. The van der Waals surface area contributed by atoms with Crippen LogP contribution in [0.4, 0.5) is 24.9 Å². The molecule has 1 fully saturated rings. The average molecular weight is 1600 g/mol. The van der Waals surface area contributed by atoms with Gasteiger partial charge in [0.25, 0.3) is 0 Å². The number of primary amides is 1. The lowest BCUT2D eigenvalue weighted by molar-refractivity contribution is -0.148. The number of fused-ring (bicyclic) bond motifs is 3. The van der Waals surface area contributed by atoms with E-state index in [1.165, 1.54) is 37.2 Å². The van der Waals surface area contributed by atoms with Gasteiger partial charge in [0.15, 0.2) is 0 Å².